The first kappa shape index (κ1) is 14.2. The highest BCUT2D eigenvalue weighted by atomic mass is 16.3. The van der Waals surface area contributed by atoms with Gasteiger partial charge in [0.2, 0.25) is 5.91 Å². The molecule has 112 valence electrons. The third-order valence-electron chi connectivity index (χ3n) is 3.97. The van der Waals surface area contributed by atoms with Gasteiger partial charge in [0.05, 0.1) is 6.42 Å². The minimum Gasteiger partial charge on any atom is -0.508 e. The Bertz CT molecular complexity index is 835. The molecule has 3 N–H and O–H groups in total. The van der Waals surface area contributed by atoms with Gasteiger partial charge in [0.1, 0.15) is 5.75 Å². The van der Waals surface area contributed by atoms with Crippen molar-refractivity contribution in [2.24, 2.45) is 5.73 Å². The van der Waals surface area contributed by atoms with E-state index in [1.54, 1.807) is 12.1 Å². The van der Waals surface area contributed by atoms with Crippen molar-refractivity contribution < 1.29 is 9.90 Å². The fourth-order valence-electron chi connectivity index (χ4n) is 2.91. The minimum absolute atomic E-state index is 0.174. The lowest BCUT2D eigenvalue weighted by molar-refractivity contribution is -0.117. The van der Waals surface area contributed by atoms with Gasteiger partial charge in [-0.3, -0.25) is 4.79 Å². The second-order valence-corrected chi connectivity index (χ2v) is 5.48. The highest BCUT2D eigenvalue weighted by molar-refractivity contribution is 5.91. The van der Waals surface area contributed by atoms with Gasteiger partial charge in [-0.15, -0.1) is 0 Å². The third kappa shape index (κ3) is 2.55. The van der Waals surface area contributed by atoms with E-state index in [9.17, 15) is 9.90 Å². The first-order valence-corrected chi connectivity index (χ1v) is 7.19. The van der Waals surface area contributed by atoms with Gasteiger partial charge in [0.15, 0.2) is 0 Å². The quantitative estimate of drug-likeness (QED) is 0.777. The number of hydrogen-bond donors (Lipinski definition) is 2. The van der Waals surface area contributed by atoms with Crippen LogP contribution in [0.15, 0.2) is 48.5 Å². The molecule has 0 unspecified atom stereocenters. The van der Waals surface area contributed by atoms with Gasteiger partial charge < -0.3 is 15.4 Å². The van der Waals surface area contributed by atoms with E-state index in [1.165, 1.54) is 5.56 Å². The average molecular weight is 294 g/mol. The monoisotopic (exact) mass is 294 g/mol. The summed E-state index contributed by atoms with van der Waals surface area (Å²) >= 11 is 0. The van der Waals surface area contributed by atoms with Crippen LogP contribution in [0.5, 0.6) is 5.75 Å². The molecule has 4 heteroatoms. The number of primary amides is 1. The molecule has 0 atom stereocenters. The molecule has 22 heavy (non-hydrogen) atoms. The highest BCUT2D eigenvalue weighted by Crippen LogP contribution is 2.30. The van der Waals surface area contributed by atoms with Crippen LogP contribution >= 0.6 is 0 Å². The first-order valence-electron chi connectivity index (χ1n) is 7.19. The zero-order valence-electron chi connectivity index (χ0n) is 12.4. The molecule has 0 saturated heterocycles. The number of amides is 1. The zero-order chi connectivity index (χ0) is 15.7. The van der Waals surface area contributed by atoms with Gasteiger partial charge >= 0.3 is 0 Å². The summed E-state index contributed by atoms with van der Waals surface area (Å²) in [6, 6.07) is 15.4. The molecule has 1 aromatic heterocycles. The number of carbonyl (C=O) groups is 1. The Morgan fingerprint density at radius 1 is 1.18 bits per heavy atom. The van der Waals surface area contributed by atoms with Crippen LogP contribution in [-0.4, -0.2) is 15.6 Å². The van der Waals surface area contributed by atoms with Gasteiger partial charge in [-0.25, -0.2) is 0 Å². The van der Waals surface area contributed by atoms with Crippen LogP contribution < -0.4 is 5.73 Å². The maximum atomic E-state index is 11.4. The number of aromatic hydroxyl groups is 1. The molecular formula is C18H18N2O2. The van der Waals surface area contributed by atoms with Crippen LogP contribution in [0, 0.1) is 6.92 Å². The Morgan fingerprint density at radius 3 is 2.59 bits per heavy atom. The van der Waals surface area contributed by atoms with Crippen LogP contribution in [0.4, 0.5) is 0 Å². The van der Waals surface area contributed by atoms with E-state index in [0.29, 0.717) is 6.54 Å². The molecule has 0 fully saturated rings. The van der Waals surface area contributed by atoms with E-state index in [0.717, 1.165) is 22.2 Å². The molecule has 0 aliphatic rings. The predicted octanol–water partition coefficient (Wildman–Crippen LogP) is 2.73. The van der Waals surface area contributed by atoms with E-state index < -0.39 is 0 Å². The van der Waals surface area contributed by atoms with Crippen LogP contribution in [0.2, 0.25) is 0 Å². The largest absolute Gasteiger partial charge is 0.508 e. The normalized spacial score (nSPS) is 11.0. The Kier molecular flexibility index (Phi) is 3.59. The second-order valence-electron chi connectivity index (χ2n) is 5.48. The minimum atomic E-state index is -0.370. The summed E-state index contributed by atoms with van der Waals surface area (Å²) < 4.78 is 2.16. The number of aromatic nitrogens is 1. The number of phenolic OH excluding ortho intramolecular Hbond substituents is 1. The van der Waals surface area contributed by atoms with E-state index in [-0.39, 0.29) is 18.1 Å². The second kappa shape index (κ2) is 5.56. The molecule has 0 radical (unpaired) electrons. The summed E-state index contributed by atoms with van der Waals surface area (Å²) in [5.74, 6) is -0.180. The van der Waals surface area contributed by atoms with Crippen molar-refractivity contribution in [3.63, 3.8) is 0 Å². The lowest BCUT2D eigenvalue weighted by atomic mass is 10.1. The summed E-state index contributed by atoms with van der Waals surface area (Å²) in [7, 11) is 0. The van der Waals surface area contributed by atoms with Crippen molar-refractivity contribution in [3.8, 4) is 5.75 Å². The smallest absolute Gasteiger partial charge is 0.221 e. The van der Waals surface area contributed by atoms with Crippen molar-refractivity contribution in [1.29, 1.82) is 0 Å². The van der Waals surface area contributed by atoms with Gasteiger partial charge in [0, 0.05) is 23.1 Å². The number of phenols is 1. The molecule has 0 spiro atoms. The first-order chi connectivity index (χ1) is 10.6. The van der Waals surface area contributed by atoms with Crippen molar-refractivity contribution in [2.45, 2.75) is 19.9 Å². The summed E-state index contributed by atoms with van der Waals surface area (Å²) in [4.78, 5) is 11.4. The van der Waals surface area contributed by atoms with Gasteiger partial charge in [-0.05, 0) is 36.2 Å². The molecule has 3 aromatic rings. The Labute approximate surface area is 128 Å². The fraction of sp³-hybridized carbons (Fsp3) is 0.167. The lowest BCUT2D eigenvalue weighted by Gasteiger charge is -2.09. The Hall–Kier alpha value is -2.75. The number of nitrogens with zero attached hydrogens (tertiary/aromatic N) is 1. The van der Waals surface area contributed by atoms with Crippen LogP contribution in [0.3, 0.4) is 0 Å². The summed E-state index contributed by atoms with van der Waals surface area (Å²) in [5, 5.41) is 10.6. The molecular weight excluding hydrogens is 276 g/mol. The van der Waals surface area contributed by atoms with E-state index in [4.69, 9.17) is 5.73 Å². The van der Waals surface area contributed by atoms with Crippen LogP contribution in [0.1, 0.15) is 16.8 Å². The molecule has 0 bridgehead atoms. The maximum Gasteiger partial charge on any atom is 0.221 e. The molecule has 0 aliphatic heterocycles. The van der Waals surface area contributed by atoms with E-state index >= 15 is 0 Å². The van der Waals surface area contributed by atoms with Gasteiger partial charge in [-0.1, -0.05) is 30.3 Å². The summed E-state index contributed by atoms with van der Waals surface area (Å²) in [6.45, 7) is 2.70. The molecule has 4 nitrogen and oxygen atoms in total. The molecule has 2 aromatic carbocycles. The fourth-order valence-corrected chi connectivity index (χ4v) is 2.91. The third-order valence-corrected chi connectivity index (χ3v) is 3.97. The highest BCUT2D eigenvalue weighted by Gasteiger charge is 2.16. The number of hydrogen-bond acceptors (Lipinski definition) is 2. The zero-order valence-corrected chi connectivity index (χ0v) is 12.4. The van der Waals surface area contributed by atoms with E-state index in [2.05, 4.69) is 16.7 Å². The van der Waals surface area contributed by atoms with Crippen molar-refractivity contribution in [3.05, 3.63) is 65.4 Å². The number of benzene rings is 2. The summed E-state index contributed by atoms with van der Waals surface area (Å²) in [6.07, 6.45) is 0.174. The van der Waals surface area contributed by atoms with E-state index in [1.807, 2.05) is 31.2 Å². The standard InChI is InChI=1S/C18H18N2O2/c1-12-15(10-18(19)22)16-9-14(21)7-8-17(16)20(12)11-13-5-3-2-4-6-13/h2-9,21H,10-11H2,1H3,(H2,19,22). The molecule has 1 heterocycles. The Morgan fingerprint density at radius 2 is 1.91 bits per heavy atom. The molecule has 1 amide bonds. The number of carbonyl (C=O) groups excluding carboxylic acids is 1. The van der Waals surface area contributed by atoms with Crippen LogP contribution in [0.25, 0.3) is 10.9 Å². The number of nitrogens with two attached hydrogens (primary N) is 1. The van der Waals surface area contributed by atoms with Gasteiger partial charge in [0.25, 0.3) is 0 Å². The average Bonchev–Trinajstić information content (AvgIpc) is 2.73. The van der Waals surface area contributed by atoms with Crippen molar-refractivity contribution in [1.82, 2.24) is 4.57 Å². The Balaban J connectivity index is 2.17. The van der Waals surface area contributed by atoms with Crippen molar-refractivity contribution >= 4 is 16.8 Å². The molecule has 0 saturated carbocycles. The summed E-state index contributed by atoms with van der Waals surface area (Å²) in [5.41, 5.74) is 9.44. The molecule has 0 aliphatic carbocycles. The molecule has 3 rings (SSSR count). The maximum absolute atomic E-state index is 11.4. The van der Waals surface area contributed by atoms with Crippen LogP contribution in [-0.2, 0) is 17.8 Å². The topological polar surface area (TPSA) is 68.2 Å². The number of rotatable bonds is 4. The SMILES string of the molecule is Cc1c(CC(N)=O)c2cc(O)ccc2n1Cc1ccccc1. The lowest BCUT2D eigenvalue weighted by Crippen LogP contribution is -2.14. The predicted molar refractivity (Wildman–Crippen MR) is 86.8 cm³/mol. The number of fused-ring (bicyclic) bond motifs is 1. The van der Waals surface area contributed by atoms with Gasteiger partial charge in [-0.2, -0.15) is 0 Å². The van der Waals surface area contributed by atoms with Crippen molar-refractivity contribution in [2.75, 3.05) is 0 Å².